The van der Waals surface area contributed by atoms with E-state index in [1.165, 1.54) is 17.6 Å². The van der Waals surface area contributed by atoms with Crippen LogP contribution >= 0.6 is 27.3 Å². The summed E-state index contributed by atoms with van der Waals surface area (Å²) < 4.78 is 25.3. The summed E-state index contributed by atoms with van der Waals surface area (Å²) >= 11 is 4.70. The number of benzene rings is 2. The molecule has 0 atom stereocenters. The van der Waals surface area contributed by atoms with Gasteiger partial charge in [-0.2, -0.15) is 0 Å². The Bertz CT molecular complexity index is 1110. The minimum absolute atomic E-state index is 0.142. The molecule has 1 amide bonds. The lowest BCUT2D eigenvalue weighted by molar-refractivity contribution is 0.0985. The normalized spacial score (nSPS) is 11.9. The predicted octanol–water partition coefficient (Wildman–Crippen LogP) is 3.67. The van der Waals surface area contributed by atoms with Crippen LogP contribution in [0.2, 0.25) is 0 Å². The van der Waals surface area contributed by atoms with E-state index >= 15 is 0 Å². The maximum atomic E-state index is 13.1. The predicted molar refractivity (Wildman–Crippen MR) is 117 cm³/mol. The highest BCUT2D eigenvalue weighted by Gasteiger charge is 2.22. The van der Waals surface area contributed by atoms with Crippen molar-refractivity contribution in [1.29, 1.82) is 0 Å². The van der Waals surface area contributed by atoms with Gasteiger partial charge in [0.2, 0.25) is 0 Å². The second kappa shape index (κ2) is 8.28. The average molecular weight is 482 g/mol. The number of aromatic nitrogens is 1. The van der Waals surface area contributed by atoms with Crippen LogP contribution in [0, 0.1) is 0 Å². The maximum Gasteiger partial charge on any atom is 0.260 e. The number of sulfone groups is 1. The number of hydrogen-bond acceptors (Lipinski definition) is 6. The van der Waals surface area contributed by atoms with Crippen molar-refractivity contribution in [3.05, 3.63) is 52.5 Å². The molecule has 1 aromatic heterocycles. The van der Waals surface area contributed by atoms with Crippen molar-refractivity contribution in [2.75, 3.05) is 38.3 Å². The molecule has 0 saturated carbocycles. The van der Waals surface area contributed by atoms with Crippen LogP contribution in [0.25, 0.3) is 10.2 Å². The highest BCUT2D eigenvalue weighted by atomic mass is 79.9. The highest BCUT2D eigenvalue weighted by molar-refractivity contribution is 9.10. The summed E-state index contributed by atoms with van der Waals surface area (Å²) in [6.07, 6.45) is 1.18. The summed E-state index contributed by atoms with van der Waals surface area (Å²) in [6.45, 7) is 1.15. The summed E-state index contributed by atoms with van der Waals surface area (Å²) in [5.74, 6) is -0.142. The molecule has 0 N–H and O–H groups in total. The van der Waals surface area contributed by atoms with Crippen LogP contribution in [0.3, 0.4) is 0 Å². The summed E-state index contributed by atoms with van der Waals surface area (Å²) in [6, 6.07) is 12.0. The van der Waals surface area contributed by atoms with Gasteiger partial charge < -0.3 is 4.90 Å². The molecule has 2 aromatic carbocycles. The molecular formula is C19H20BrN3O3S2. The molecule has 28 heavy (non-hydrogen) atoms. The largest absolute Gasteiger partial charge is 0.308 e. The Kier molecular flexibility index (Phi) is 6.18. The third kappa shape index (κ3) is 4.78. The summed E-state index contributed by atoms with van der Waals surface area (Å²) in [7, 11) is 0.584. The highest BCUT2D eigenvalue weighted by Crippen LogP contribution is 2.31. The molecule has 0 bridgehead atoms. The van der Waals surface area contributed by atoms with Crippen molar-refractivity contribution in [2.45, 2.75) is 4.90 Å². The van der Waals surface area contributed by atoms with Crippen LogP contribution < -0.4 is 4.90 Å². The van der Waals surface area contributed by atoms with Gasteiger partial charge in [-0.15, -0.1) is 0 Å². The molecule has 0 saturated heterocycles. The minimum atomic E-state index is -3.30. The number of fused-ring (bicyclic) bond motifs is 1. The van der Waals surface area contributed by atoms with E-state index in [-0.39, 0.29) is 10.8 Å². The molecule has 9 heteroatoms. The Morgan fingerprint density at radius 2 is 1.79 bits per heavy atom. The zero-order valence-corrected chi connectivity index (χ0v) is 18.9. The van der Waals surface area contributed by atoms with Gasteiger partial charge in [0.25, 0.3) is 5.91 Å². The van der Waals surface area contributed by atoms with E-state index in [0.717, 1.165) is 9.17 Å². The van der Waals surface area contributed by atoms with Crippen LogP contribution in [-0.2, 0) is 9.84 Å². The summed E-state index contributed by atoms with van der Waals surface area (Å²) in [5.41, 5.74) is 1.24. The van der Waals surface area contributed by atoms with E-state index in [9.17, 15) is 13.2 Å². The molecule has 3 aromatic rings. The fourth-order valence-corrected chi connectivity index (χ4v) is 4.59. The number of carbonyl (C=O) groups is 1. The molecule has 0 unspecified atom stereocenters. The number of halogens is 1. The molecule has 3 rings (SSSR count). The fourth-order valence-electron chi connectivity index (χ4n) is 2.57. The number of amides is 1. The van der Waals surface area contributed by atoms with Crippen LogP contribution in [0.5, 0.6) is 0 Å². The van der Waals surface area contributed by atoms with Crippen molar-refractivity contribution < 1.29 is 13.2 Å². The van der Waals surface area contributed by atoms with Gasteiger partial charge in [-0.3, -0.25) is 9.69 Å². The van der Waals surface area contributed by atoms with Crippen molar-refractivity contribution in [3.8, 4) is 0 Å². The average Bonchev–Trinajstić information content (AvgIpc) is 3.04. The smallest absolute Gasteiger partial charge is 0.260 e. The van der Waals surface area contributed by atoms with E-state index in [4.69, 9.17) is 0 Å². The number of carbonyl (C=O) groups excluding carboxylic acids is 1. The van der Waals surface area contributed by atoms with Gasteiger partial charge in [-0.05, 0) is 56.6 Å². The standard InChI is InChI=1S/C19H20BrN3O3S2/c1-22(2)10-11-23(18(24)13-4-6-14(20)7-5-13)19-21-16-9-8-15(28(3,25)26)12-17(16)27-19/h4-9,12H,10-11H2,1-3H3. The first kappa shape index (κ1) is 20.9. The van der Waals surface area contributed by atoms with E-state index in [2.05, 4.69) is 20.9 Å². The van der Waals surface area contributed by atoms with Crippen LogP contribution in [-0.4, -0.2) is 57.6 Å². The first-order chi connectivity index (χ1) is 13.1. The van der Waals surface area contributed by atoms with Crippen LogP contribution in [0.1, 0.15) is 10.4 Å². The van der Waals surface area contributed by atoms with Crippen LogP contribution in [0.15, 0.2) is 51.8 Å². The molecule has 6 nitrogen and oxygen atoms in total. The molecule has 0 radical (unpaired) electrons. The maximum absolute atomic E-state index is 13.1. The van der Waals surface area contributed by atoms with Gasteiger partial charge >= 0.3 is 0 Å². The van der Waals surface area contributed by atoms with Crippen molar-refractivity contribution in [3.63, 3.8) is 0 Å². The van der Waals surface area contributed by atoms with Crippen LogP contribution in [0.4, 0.5) is 5.13 Å². The number of likely N-dealkylation sites (N-methyl/N-ethyl adjacent to an activating group) is 1. The van der Waals surface area contributed by atoms with E-state index in [0.29, 0.717) is 29.3 Å². The number of thiazole rings is 1. The van der Waals surface area contributed by atoms with Crippen molar-refractivity contribution in [2.24, 2.45) is 0 Å². The topological polar surface area (TPSA) is 70.6 Å². The van der Waals surface area contributed by atoms with Gasteiger partial charge in [-0.25, -0.2) is 13.4 Å². The zero-order valence-electron chi connectivity index (χ0n) is 15.7. The van der Waals surface area contributed by atoms with Gasteiger partial charge in [0.15, 0.2) is 15.0 Å². The Morgan fingerprint density at radius 3 is 2.39 bits per heavy atom. The first-order valence-electron chi connectivity index (χ1n) is 8.48. The Hall–Kier alpha value is -1.81. The minimum Gasteiger partial charge on any atom is -0.308 e. The van der Waals surface area contributed by atoms with Gasteiger partial charge in [0.1, 0.15) is 0 Å². The lowest BCUT2D eigenvalue weighted by Gasteiger charge is -2.22. The monoisotopic (exact) mass is 481 g/mol. The molecular weight excluding hydrogens is 462 g/mol. The number of hydrogen-bond donors (Lipinski definition) is 0. The molecule has 0 aliphatic heterocycles. The molecule has 0 fully saturated rings. The molecule has 0 spiro atoms. The lowest BCUT2D eigenvalue weighted by Crippen LogP contribution is -2.36. The lowest BCUT2D eigenvalue weighted by atomic mass is 10.2. The number of nitrogens with zero attached hydrogens (tertiary/aromatic N) is 3. The van der Waals surface area contributed by atoms with E-state index in [1.807, 2.05) is 31.1 Å². The van der Waals surface area contributed by atoms with Gasteiger partial charge in [0, 0.05) is 29.4 Å². The number of rotatable bonds is 6. The molecule has 148 valence electrons. The van der Waals surface area contributed by atoms with Gasteiger partial charge in [-0.1, -0.05) is 27.3 Å². The summed E-state index contributed by atoms with van der Waals surface area (Å²) in [5, 5.41) is 0.551. The Labute approximate surface area is 176 Å². The third-order valence-electron chi connectivity index (χ3n) is 4.11. The van der Waals surface area contributed by atoms with E-state index < -0.39 is 9.84 Å². The van der Waals surface area contributed by atoms with Gasteiger partial charge in [0.05, 0.1) is 15.1 Å². The Balaban J connectivity index is 2.01. The Morgan fingerprint density at radius 1 is 1.11 bits per heavy atom. The molecule has 0 aliphatic rings. The molecule has 1 heterocycles. The third-order valence-corrected chi connectivity index (χ3v) is 6.79. The summed E-state index contributed by atoms with van der Waals surface area (Å²) in [4.78, 5) is 21.6. The van der Waals surface area contributed by atoms with Crippen molar-refractivity contribution >= 4 is 58.4 Å². The first-order valence-corrected chi connectivity index (χ1v) is 12.0. The fraction of sp³-hybridized carbons (Fsp3) is 0.263. The quantitative estimate of drug-likeness (QED) is 0.536. The molecule has 0 aliphatic carbocycles. The van der Waals surface area contributed by atoms with Crippen molar-refractivity contribution in [1.82, 2.24) is 9.88 Å². The zero-order chi connectivity index (χ0) is 20.5. The second-order valence-corrected chi connectivity index (χ2v) is 10.6. The number of anilines is 1. The van der Waals surface area contributed by atoms with E-state index in [1.54, 1.807) is 35.2 Å². The second-order valence-electron chi connectivity index (χ2n) is 6.67. The SMILES string of the molecule is CN(C)CCN(C(=O)c1ccc(Br)cc1)c1nc2ccc(S(C)(=O)=O)cc2s1.